The van der Waals surface area contributed by atoms with Crippen LogP contribution >= 0.6 is 0 Å². The summed E-state index contributed by atoms with van der Waals surface area (Å²) in [6.45, 7) is 2.90. The Labute approximate surface area is 124 Å². The highest BCUT2D eigenvalue weighted by Crippen LogP contribution is 2.15. The highest BCUT2D eigenvalue weighted by Gasteiger charge is 2.09. The summed E-state index contributed by atoms with van der Waals surface area (Å²) in [4.78, 5) is 2.02. The Kier molecular flexibility index (Phi) is 5.15. The van der Waals surface area contributed by atoms with Crippen LogP contribution in [0.3, 0.4) is 0 Å². The van der Waals surface area contributed by atoms with Gasteiger partial charge in [0.05, 0.1) is 6.26 Å². The first-order chi connectivity index (χ1) is 10.1. The Hall–Kier alpha value is -2.09. The van der Waals surface area contributed by atoms with Crippen LogP contribution in [0.1, 0.15) is 22.5 Å². The third-order valence-electron chi connectivity index (χ3n) is 3.21. The second-order valence-electron chi connectivity index (χ2n) is 4.94. The highest BCUT2D eigenvalue weighted by molar-refractivity contribution is 5.37. The maximum atomic E-state index is 14.0. The van der Waals surface area contributed by atoms with Gasteiger partial charge in [-0.05, 0) is 32.2 Å². The lowest BCUT2D eigenvalue weighted by molar-refractivity contribution is 0.311. The molecule has 110 valence electrons. The predicted octanol–water partition coefficient (Wildman–Crippen LogP) is 2.70. The van der Waals surface area contributed by atoms with E-state index in [4.69, 9.17) is 9.52 Å². The zero-order valence-corrected chi connectivity index (χ0v) is 12.2. The van der Waals surface area contributed by atoms with Crippen LogP contribution in [0.15, 0.2) is 34.9 Å². The first kappa shape index (κ1) is 15.3. The largest absolute Gasteiger partial charge is 0.469 e. The molecule has 1 heterocycles. The Balaban J connectivity index is 2.04. The monoisotopic (exact) mass is 287 g/mol. The maximum absolute atomic E-state index is 14.0. The van der Waals surface area contributed by atoms with E-state index >= 15 is 0 Å². The summed E-state index contributed by atoms with van der Waals surface area (Å²) in [5.74, 6) is 5.80. The molecule has 0 aliphatic heterocycles. The molecule has 21 heavy (non-hydrogen) atoms. The molecule has 0 fully saturated rings. The van der Waals surface area contributed by atoms with Crippen molar-refractivity contribution in [2.24, 2.45) is 0 Å². The van der Waals surface area contributed by atoms with Gasteiger partial charge in [-0.2, -0.15) is 0 Å². The minimum atomic E-state index is -0.282. The number of hydrogen-bond acceptors (Lipinski definition) is 3. The van der Waals surface area contributed by atoms with Gasteiger partial charge in [0.1, 0.15) is 18.2 Å². The van der Waals surface area contributed by atoms with Gasteiger partial charge >= 0.3 is 0 Å². The Morgan fingerprint density at radius 2 is 2.00 bits per heavy atom. The minimum absolute atomic E-state index is 0.226. The molecule has 1 N–H and O–H groups in total. The molecule has 1 aromatic heterocycles. The van der Waals surface area contributed by atoms with Crippen LogP contribution in [0.5, 0.6) is 0 Å². The summed E-state index contributed by atoms with van der Waals surface area (Å²) < 4.78 is 19.3. The Morgan fingerprint density at radius 1 is 1.24 bits per heavy atom. The van der Waals surface area contributed by atoms with E-state index < -0.39 is 0 Å². The average Bonchev–Trinajstić information content (AvgIpc) is 2.84. The van der Waals surface area contributed by atoms with Gasteiger partial charge in [-0.3, -0.25) is 4.90 Å². The standard InChI is InChI=1S/C17H18FNO2/c1-13-15(7-9-21-13)11-19(2)12-16-6-5-14(4-3-8-20)10-17(16)18/h5-7,9-10,20H,8,11-12H2,1-2H3. The summed E-state index contributed by atoms with van der Waals surface area (Å²) >= 11 is 0. The SMILES string of the molecule is Cc1occc1CN(C)Cc1ccc(C#CCO)cc1F. The number of aryl methyl sites for hydroxylation is 1. The normalized spacial score (nSPS) is 10.5. The fourth-order valence-corrected chi connectivity index (χ4v) is 2.11. The Morgan fingerprint density at radius 3 is 2.62 bits per heavy atom. The van der Waals surface area contributed by atoms with Crippen LogP contribution in [0.2, 0.25) is 0 Å². The van der Waals surface area contributed by atoms with Gasteiger partial charge in [-0.15, -0.1) is 0 Å². The fourth-order valence-electron chi connectivity index (χ4n) is 2.11. The molecule has 0 aliphatic carbocycles. The molecular weight excluding hydrogens is 269 g/mol. The minimum Gasteiger partial charge on any atom is -0.469 e. The van der Waals surface area contributed by atoms with Crippen molar-refractivity contribution < 1.29 is 13.9 Å². The number of benzene rings is 1. The van der Waals surface area contributed by atoms with Gasteiger partial charge < -0.3 is 9.52 Å². The molecular formula is C17H18FNO2. The molecule has 1 aromatic carbocycles. The van der Waals surface area contributed by atoms with Crippen molar-refractivity contribution in [1.82, 2.24) is 4.90 Å². The van der Waals surface area contributed by atoms with E-state index in [-0.39, 0.29) is 12.4 Å². The lowest BCUT2D eigenvalue weighted by Crippen LogP contribution is -2.18. The zero-order valence-electron chi connectivity index (χ0n) is 12.2. The molecule has 2 aromatic rings. The molecule has 0 saturated heterocycles. The second kappa shape index (κ2) is 7.07. The van der Waals surface area contributed by atoms with E-state index in [0.29, 0.717) is 24.2 Å². The number of aliphatic hydroxyl groups is 1. The highest BCUT2D eigenvalue weighted by atomic mass is 19.1. The van der Waals surface area contributed by atoms with E-state index in [1.54, 1.807) is 18.4 Å². The van der Waals surface area contributed by atoms with Crippen molar-refractivity contribution >= 4 is 0 Å². The van der Waals surface area contributed by atoms with E-state index in [1.165, 1.54) is 6.07 Å². The van der Waals surface area contributed by atoms with Crippen LogP contribution in [-0.2, 0) is 13.1 Å². The average molecular weight is 287 g/mol. The second-order valence-corrected chi connectivity index (χ2v) is 4.94. The van der Waals surface area contributed by atoms with Crippen LogP contribution in [0, 0.1) is 24.6 Å². The van der Waals surface area contributed by atoms with E-state index in [1.807, 2.05) is 24.9 Å². The van der Waals surface area contributed by atoms with Gasteiger partial charge in [0.2, 0.25) is 0 Å². The van der Waals surface area contributed by atoms with Gasteiger partial charge in [0.25, 0.3) is 0 Å². The first-order valence-corrected chi connectivity index (χ1v) is 6.70. The molecule has 0 spiro atoms. The third-order valence-corrected chi connectivity index (χ3v) is 3.21. The number of nitrogens with zero attached hydrogens (tertiary/aromatic N) is 1. The van der Waals surface area contributed by atoms with Crippen molar-refractivity contribution in [2.45, 2.75) is 20.0 Å². The van der Waals surface area contributed by atoms with Crippen molar-refractivity contribution in [2.75, 3.05) is 13.7 Å². The quantitative estimate of drug-likeness (QED) is 0.878. The number of halogens is 1. The van der Waals surface area contributed by atoms with Crippen molar-refractivity contribution in [3.05, 3.63) is 58.8 Å². The molecule has 0 bridgehead atoms. The predicted molar refractivity (Wildman–Crippen MR) is 79.0 cm³/mol. The lowest BCUT2D eigenvalue weighted by Gasteiger charge is -2.16. The topological polar surface area (TPSA) is 36.6 Å². The number of aliphatic hydroxyl groups excluding tert-OH is 1. The molecule has 0 saturated carbocycles. The lowest BCUT2D eigenvalue weighted by atomic mass is 10.1. The van der Waals surface area contributed by atoms with Crippen molar-refractivity contribution in [3.63, 3.8) is 0 Å². The van der Waals surface area contributed by atoms with Gasteiger partial charge in [0.15, 0.2) is 0 Å². The maximum Gasteiger partial charge on any atom is 0.128 e. The molecule has 0 unspecified atom stereocenters. The van der Waals surface area contributed by atoms with Crippen LogP contribution in [-0.4, -0.2) is 23.7 Å². The molecule has 4 heteroatoms. The summed E-state index contributed by atoms with van der Waals surface area (Å²) in [7, 11) is 1.94. The summed E-state index contributed by atoms with van der Waals surface area (Å²) in [5.41, 5.74) is 2.29. The van der Waals surface area contributed by atoms with Gasteiger partial charge in [0, 0.05) is 29.8 Å². The van der Waals surface area contributed by atoms with E-state index in [0.717, 1.165) is 11.3 Å². The van der Waals surface area contributed by atoms with Crippen molar-refractivity contribution in [1.29, 1.82) is 0 Å². The van der Waals surface area contributed by atoms with Crippen molar-refractivity contribution in [3.8, 4) is 11.8 Å². The molecule has 0 amide bonds. The van der Waals surface area contributed by atoms with Crippen LogP contribution in [0.25, 0.3) is 0 Å². The van der Waals surface area contributed by atoms with Crippen LogP contribution < -0.4 is 0 Å². The Bertz CT molecular complexity index is 667. The van der Waals surface area contributed by atoms with Gasteiger partial charge in [-0.25, -0.2) is 4.39 Å². The molecule has 0 aliphatic rings. The number of rotatable bonds is 4. The van der Waals surface area contributed by atoms with E-state index in [9.17, 15) is 4.39 Å². The summed E-state index contributed by atoms with van der Waals surface area (Å²) in [6.07, 6.45) is 1.66. The van der Waals surface area contributed by atoms with Crippen LogP contribution in [0.4, 0.5) is 4.39 Å². The molecule has 0 radical (unpaired) electrons. The number of hydrogen-bond donors (Lipinski definition) is 1. The summed E-state index contributed by atoms with van der Waals surface area (Å²) in [6, 6.07) is 6.82. The third kappa shape index (κ3) is 4.19. The smallest absolute Gasteiger partial charge is 0.128 e. The fraction of sp³-hybridized carbons (Fsp3) is 0.294. The molecule has 0 atom stereocenters. The molecule has 3 nitrogen and oxygen atoms in total. The van der Waals surface area contributed by atoms with Gasteiger partial charge in [-0.1, -0.05) is 17.9 Å². The summed E-state index contributed by atoms with van der Waals surface area (Å²) in [5, 5.41) is 8.63. The number of furan rings is 1. The van der Waals surface area contributed by atoms with E-state index in [2.05, 4.69) is 11.8 Å². The molecule has 2 rings (SSSR count). The first-order valence-electron chi connectivity index (χ1n) is 6.70. The zero-order chi connectivity index (χ0) is 15.2.